The van der Waals surface area contributed by atoms with Gasteiger partial charge in [0, 0.05) is 37.5 Å². The van der Waals surface area contributed by atoms with E-state index in [0.717, 1.165) is 34.4 Å². The van der Waals surface area contributed by atoms with Crippen LogP contribution in [0.25, 0.3) is 10.8 Å². The first-order valence-electron chi connectivity index (χ1n) is 10.4. The number of fused-ring (bicyclic) bond motifs is 1. The maximum atomic E-state index is 13.3. The van der Waals surface area contributed by atoms with E-state index in [9.17, 15) is 14.4 Å². The van der Waals surface area contributed by atoms with Crippen LogP contribution in [-0.2, 0) is 9.59 Å². The Kier molecular flexibility index (Phi) is 3.35. The van der Waals surface area contributed by atoms with E-state index >= 15 is 0 Å². The number of hydrogen-bond acceptors (Lipinski definition) is 4. The van der Waals surface area contributed by atoms with Gasteiger partial charge in [0.1, 0.15) is 6.04 Å². The second-order valence-electron chi connectivity index (χ2n) is 9.00. The Morgan fingerprint density at radius 3 is 2.48 bits per heavy atom. The van der Waals surface area contributed by atoms with E-state index in [2.05, 4.69) is 24.1 Å². The fraction of sp³-hybridized carbons (Fsp3) is 0.435. The molecule has 29 heavy (non-hydrogen) atoms. The molecule has 0 spiro atoms. The lowest BCUT2D eigenvalue weighted by molar-refractivity contribution is -0.147. The lowest BCUT2D eigenvalue weighted by atomic mass is 9.95. The van der Waals surface area contributed by atoms with Crippen molar-refractivity contribution in [2.24, 2.45) is 11.8 Å². The highest BCUT2D eigenvalue weighted by Crippen LogP contribution is 2.59. The van der Waals surface area contributed by atoms with E-state index in [-0.39, 0.29) is 24.1 Å². The average Bonchev–Trinajstić information content (AvgIpc) is 3.06. The summed E-state index contributed by atoms with van der Waals surface area (Å²) in [5.41, 5.74) is 2.83. The maximum absolute atomic E-state index is 13.3. The molecule has 3 heterocycles. The van der Waals surface area contributed by atoms with E-state index < -0.39 is 6.04 Å². The summed E-state index contributed by atoms with van der Waals surface area (Å²) in [7, 11) is 3.68. The summed E-state index contributed by atoms with van der Waals surface area (Å²) in [5, 5.41) is 2.12. The van der Waals surface area contributed by atoms with Crippen molar-refractivity contribution in [3.05, 3.63) is 41.5 Å². The number of amides is 3. The molecule has 6 nitrogen and oxygen atoms in total. The number of carbonyl (C=O) groups excluding carboxylic acids is 3. The number of piperidine rings is 2. The summed E-state index contributed by atoms with van der Waals surface area (Å²) in [6.07, 6.45) is 0.664. The minimum atomic E-state index is -0.611. The van der Waals surface area contributed by atoms with Crippen molar-refractivity contribution >= 4 is 34.2 Å². The van der Waals surface area contributed by atoms with Crippen molar-refractivity contribution in [3.8, 4) is 0 Å². The van der Waals surface area contributed by atoms with Crippen molar-refractivity contribution in [2.75, 3.05) is 32.1 Å². The highest BCUT2D eigenvalue weighted by Gasteiger charge is 2.56. The predicted molar refractivity (Wildman–Crippen MR) is 109 cm³/mol. The van der Waals surface area contributed by atoms with Crippen LogP contribution in [0.15, 0.2) is 30.3 Å². The van der Waals surface area contributed by atoms with Crippen LogP contribution in [0.1, 0.15) is 34.7 Å². The molecule has 2 saturated heterocycles. The van der Waals surface area contributed by atoms with E-state index in [0.29, 0.717) is 29.7 Å². The molecule has 4 aliphatic rings. The minimum absolute atomic E-state index is 0.125. The molecule has 6 rings (SSSR count). The molecular weight excluding hydrogens is 366 g/mol. The molecule has 148 valence electrons. The van der Waals surface area contributed by atoms with Crippen LogP contribution in [0.2, 0.25) is 0 Å². The fourth-order valence-electron chi connectivity index (χ4n) is 5.96. The number of imide groups is 1. The summed E-state index contributed by atoms with van der Waals surface area (Å²) >= 11 is 0. The van der Waals surface area contributed by atoms with Crippen LogP contribution < -0.4 is 4.90 Å². The first-order chi connectivity index (χ1) is 14.0. The minimum Gasteiger partial charge on any atom is -0.306 e. The van der Waals surface area contributed by atoms with Crippen LogP contribution in [0.4, 0.5) is 5.69 Å². The van der Waals surface area contributed by atoms with Crippen LogP contribution in [0, 0.1) is 11.8 Å². The molecule has 3 atom stereocenters. The van der Waals surface area contributed by atoms with Crippen LogP contribution in [0.3, 0.4) is 0 Å². The number of benzene rings is 2. The van der Waals surface area contributed by atoms with Gasteiger partial charge in [-0.2, -0.15) is 0 Å². The molecule has 3 unspecified atom stereocenters. The van der Waals surface area contributed by atoms with Crippen molar-refractivity contribution in [3.63, 3.8) is 0 Å². The molecule has 1 aliphatic carbocycles. The molecule has 0 bridgehead atoms. The molecule has 1 saturated carbocycles. The van der Waals surface area contributed by atoms with E-state index in [1.54, 1.807) is 4.90 Å². The summed E-state index contributed by atoms with van der Waals surface area (Å²) in [6, 6.07) is 9.51. The molecule has 0 radical (unpaired) electrons. The number of hydrogen-bond donors (Lipinski definition) is 0. The van der Waals surface area contributed by atoms with Gasteiger partial charge in [0.25, 0.3) is 11.8 Å². The highest BCUT2D eigenvalue weighted by molar-refractivity contribution is 6.27. The van der Waals surface area contributed by atoms with Crippen molar-refractivity contribution in [2.45, 2.75) is 24.8 Å². The Labute approximate surface area is 169 Å². The zero-order valence-corrected chi connectivity index (χ0v) is 16.6. The molecule has 3 amide bonds. The molecule has 3 aliphatic heterocycles. The lowest BCUT2D eigenvalue weighted by Gasteiger charge is -2.34. The number of rotatable bonds is 2. The van der Waals surface area contributed by atoms with Gasteiger partial charge in [-0.3, -0.25) is 24.2 Å². The Morgan fingerprint density at radius 1 is 0.966 bits per heavy atom. The van der Waals surface area contributed by atoms with E-state index in [1.165, 1.54) is 12.6 Å². The van der Waals surface area contributed by atoms with Gasteiger partial charge >= 0.3 is 0 Å². The van der Waals surface area contributed by atoms with Crippen LogP contribution in [-0.4, -0.2) is 60.7 Å². The van der Waals surface area contributed by atoms with Crippen LogP contribution in [0.5, 0.6) is 0 Å². The second kappa shape index (κ2) is 5.66. The Balaban J connectivity index is 1.44. The van der Waals surface area contributed by atoms with Crippen molar-refractivity contribution in [1.82, 2.24) is 9.80 Å². The van der Waals surface area contributed by atoms with Gasteiger partial charge in [0.05, 0.1) is 5.69 Å². The van der Waals surface area contributed by atoms with Gasteiger partial charge in [-0.05, 0) is 54.3 Å². The van der Waals surface area contributed by atoms with Gasteiger partial charge < -0.3 is 4.90 Å². The molecule has 0 N–H and O–H groups in total. The molecule has 6 heteroatoms. The first-order valence-corrected chi connectivity index (χ1v) is 10.4. The van der Waals surface area contributed by atoms with Gasteiger partial charge in [0.2, 0.25) is 5.91 Å². The predicted octanol–water partition coefficient (Wildman–Crippen LogP) is 2.22. The Bertz CT molecular complexity index is 1100. The summed E-state index contributed by atoms with van der Waals surface area (Å²) in [5.74, 6) is 1.40. The standard InChI is InChI=1S/C23H23N3O3/c1-24-10-15-16(11-24)20(15)13-6-7-14-21-12(13)4-3-5-17(21)26(22(14)28)18-8-9-19(27)25(2)23(18)29/h3-7,15-16,18,20H,8-11H2,1-2H3. The first kappa shape index (κ1) is 17.2. The monoisotopic (exact) mass is 389 g/mol. The van der Waals surface area contributed by atoms with Gasteiger partial charge in [0.15, 0.2) is 0 Å². The molecule has 2 aromatic carbocycles. The summed E-state index contributed by atoms with van der Waals surface area (Å²) in [4.78, 5) is 43.2. The summed E-state index contributed by atoms with van der Waals surface area (Å²) < 4.78 is 0. The van der Waals surface area contributed by atoms with E-state index in [4.69, 9.17) is 0 Å². The third kappa shape index (κ3) is 2.18. The zero-order chi connectivity index (χ0) is 20.0. The van der Waals surface area contributed by atoms with Crippen molar-refractivity contribution in [1.29, 1.82) is 0 Å². The number of carbonyl (C=O) groups is 3. The number of nitrogens with zero attached hydrogens (tertiary/aromatic N) is 3. The Morgan fingerprint density at radius 2 is 1.72 bits per heavy atom. The molecule has 3 fully saturated rings. The molecule has 2 aromatic rings. The third-order valence-electron chi connectivity index (χ3n) is 7.43. The second-order valence-corrected chi connectivity index (χ2v) is 9.00. The lowest BCUT2D eigenvalue weighted by Crippen LogP contribution is -2.54. The quantitative estimate of drug-likeness (QED) is 0.739. The number of likely N-dealkylation sites (N-methyl/N-ethyl adjacent to an activating group) is 1. The highest BCUT2D eigenvalue weighted by atomic mass is 16.2. The molecule has 0 aromatic heterocycles. The van der Waals surface area contributed by atoms with Crippen LogP contribution >= 0.6 is 0 Å². The van der Waals surface area contributed by atoms with Crippen molar-refractivity contribution < 1.29 is 14.4 Å². The molecular formula is C23H23N3O3. The van der Waals surface area contributed by atoms with E-state index in [1.807, 2.05) is 18.2 Å². The zero-order valence-electron chi connectivity index (χ0n) is 16.6. The largest absolute Gasteiger partial charge is 0.306 e. The summed E-state index contributed by atoms with van der Waals surface area (Å²) in [6.45, 7) is 2.28. The third-order valence-corrected chi connectivity index (χ3v) is 7.43. The maximum Gasteiger partial charge on any atom is 0.259 e. The average molecular weight is 389 g/mol. The van der Waals surface area contributed by atoms with Gasteiger partial charge in [-0.25, -0.2) is 0 Å². The Hall–Kier alpha value is -2.73. The smallest absolute Gasteiger partial charge is 0.259 e. The SMILES string of the molecule is CN1CC2C(C1)C2c1ccc2c3c(cccc13)N(C1CCC(=O)N(C)C1=O)C2=O. The van der Waals surface area contributed by atoms with Gasteiger partial charge in [-0.15, -0.1) is 0 Å². The topological polar surface area (TPSA) is 60.9 Å². The number of likely N-dealkylation sites (tertiary alicyclic amines) is 2. The fourth-order valence-corrected chi connectivity index (χ4v) is 5.96. The normalized spacial score (nSPS) is 31.2. The number of anilines is 1. The van der Waals surface area contributed by atoms with Gasteiger partial charge in [-0.1, -0.05) is 18.2 Å².